The molecule has 86 valence electrons. The van der Waals surface area contributed by atoms with Crippen LogP contribution in [0.1, 0.15) is 46.0 Å². The van der Waals surface area contributed by atoms with E-state index in [1.54, 1.807) is 11.9 Å². The molecule has 1 saturated heterocycles. The molecule has 0 aromatic heterocycles. The quantitative estimate of drug-likeness (QED) is 0.674. The van der Waals surface area contributed by atoms with Gasteiger partial charge >= 0.3 is 6.03 Å². The fourth-order valence-electron chi connectivity index (χ4n) is 1.91. The van der Waals surface area contributed by atoms with Gasteiger partial charge < -0.3 is 4.90 Å². The van der Waals surface area contributed by atoms with Crippen molar-refractivity contribution < 1.29 is 4.79 Å². The first-order valence-corrected chi connectivity index (χ1v) is 5.66. The van der Waals surface area contributed by atoms with Crippen LogP contribution in [0.3, 0.4) is 0 Å². The summed E-state index contributed by atoms with van der Waals surface area (Å²) in [6, 6.07) is -0.155. The zero-order chi connectivity index (χ0) is 11.5. The first-order chi connectivity index (χ1) is 7.02. The van der Waals surface area contributed by atoms with Gasteiger partial charge in [0.1, 0.15) is 5.84 Å². The SMILES string of the molecule is CCCCCCC1(C)C(=N)NC(=O)N1C. The highest BCUT2D eigenvalue weighted by Crippen LogP contribution is 2.26. The lowest BCUT2D eigenvalue weighted by Crippen LogP contribution is -2.44. The second kappa shape index (κ2) is 4.64. The van der Waals surface area contributed by atoms with Crippen LogP contribution in [0.4, 0.5) is 4.79 Å². The molecule has 0 bridgehead atoms. The van der Waals surface area contributed by atoms with Crippen molar-refractivity contribution in [1.82, 2.24) is 10.2 Å². The Hall–Kier alpha value is -1.06. The first kappa shape index (κ1) is 12.0. The summed E-state index contributed by atoms with van der Waals surface area (Å²) in [5.41, 5.74) is -0.412. The van der Waals surface area contributed by atoms with Gasteiger partial charge in [-0.05, 0) is 13.3 Å². The minimum absolute atomic E-state index is 0.155. The third-order valence-corrected chi connectivity index (χ3v) is 3.33. The summed E-state index contributed by atoms with van der Waals surface area (Å²) in [5, 5.41) is 10.3. The van der Waals surface area contributed by atoms with E-state index in [0.717, 1.165) is 12.8 Å². The Labute approximate surface area is 91.5 Å². The summed E-state index contributed by atoms with van der Waals surface area (Å²) < 4.78 is 0. The molecule has 1 aliphatic rings. The Bertz CT molecular complexity index is 265. The van der Waals surface area contributed by atoms with Crippen molar-refractivity contribution in [2.45, 2.75) is 51.5 Å². The molecule has 0 saturated carbocycles. The molecule has 0 aliphatic carbocycles. The van der Waals surface area contributed by atoms with Gasteiger partial charge in [0.2, 0.25) is 0 Å². The van der Waals surface area contributed by atoms with E-state index in [9.17, 15) is 4.79 Å². The maximum Gasteiger partial charge on any atom is 0.323 e. The van der Waals surface area contributed by atoms with E-state index < -0.39 is 5.54 Å². The Kier molecular flexibility index (Phi) is 3.72. The molecule has 0 aromatic rings. The minimum Gasteiger partial charge on any atom is -0.315 e. The topological polar surface area (TPSA) is 56.2 Å². The number of urea groups is 1. The number of hydrogen-bond donors (Lipinski definition) is 2. The molecule has 4 nitrogen and oxygen atoms in total. The molecule has 2 amide bonds. The highest BCUT2D eigenvalue weighted by Gasteiger charge is 2.43. The van der Waals surface area contributed by atoms with E-state index in [1.165, 1.54) is 19.3 Å². The smallest absolute Gasteiger partial charge is 0.315 e. The number of amidine groups is 1. The van der Waals surface area contributed by atoms with Gasteiger partial charge in [-0.15, -0.1) is 0 Å². The number of likely N-dealkylation sites (N-methyl/N-ethyl adjacent to an activating group) is 1. The van der Waals surface area contributed by atoms with E-state index in [0.29, 0.717) is 5.84 Å². The summed E-state index contributed by atoms with van der Waals surface area (Å²) in [5.74, 6) is 0.339. The number of nitrogens with one attached hydrogen (secondary N) is 2. The van der Waals surface area contributed by atoms with E-state index in [1.807, 2.05) is 6.92 Å². The van der Waals surface area contributed by atoms with Gasteiger partial charge in [0.15, 0.2) is 0 Å². The molecule has 1 aliphatic heterocycles. The number of hydrogen-bond acceptors (Lipinski definition) is 2. The van der Waals surface area contributed by atoms with Crippen molar-refractivity contribution in [3.05, 3.63) is 0 Å². The normalized spacial score (nSPS) is 25.9. The third kappa shape index (κ3) is 2.30. The van der Waals surface area contributed by atoms with Crippen LogP contribution in [0.5, 0.6) is 0 Å². The molecule has 0 spiro atoms. The monoisotopic (exact) mass is 211 g/mol. The number of unbranched alkanes of at least 4 members (excludes halogenated alkanes) is 3. The molecule has 0 aromatic carbocycles. The Balaban J connectivity index is 2.50. The van der Waals surface area contributed by atoms with Crippen LogP contribution < -0.4 is 5.32 Å². The second-order valence-electron chi connectivity index (χ2n) is 4.45. The molecule has 0 radical (unpaired) electrons. The van der Waals surface area contributed by atoms with Crippen molar-refractivity contribution in [3.8, 4) is 0 Å². The van der Waals surface area contributed by atoms with E-state index in [4.69, 9.17) is 5.41 Å². The highest BCUT2D eigenvalue weighted by molar-refractivity contribution is 6.07. The standard InChI is InChI=1S/C11H21N3O/c1-4-5-6-7-8-11(2)9(12)13-10(15)14(11)3/h4-8H2,1-3H3,(H2,12,13,15). The van der Waals surface area contributed by atoms with Crippen LogP contribution in [0, 0.1) is 5.41 Å². The molecule has 15 heavy (non-hydrogen) atoms. The molecule has 1 unspecified atom stereocenters. The van der Waals surface area contributed by atoms with Gasteiger partial charge in [-0.1, -0.05) is 32.6 Å². The fraction of sp³-hybridized carbons (Fsp3) is 0.818. The fourth-order valence-corrected chi connectivity index (χ4v) is 1.91. The number of rotatable bonds is 5. The summed E-state index contributed by atoms with van der Waals surface area (Å²) in [6.07, 6.45) is 5.57. The molecular formula is C11H21N3O. The van der Waals surface area contributed by atoms with Gasteiger partial charge in [-0.2, -0.15) is 0 Å². The number of amides is 2. The van der Waals surface area contributed by atoms with Gasteiger partial charge in [-0.25, -0.2) is 4.79 Å². The van der Waals surface area contributed by atoms with Crippen molar-refractivity contribution in [1.29, 1.82) is 5.41 Å². The zero-order valence-electron chi connectivity index (χ0n) is 9.89. The maximum atomic E-state index is 11.4. The molecule has 1 rings (SSSR count). The van der Waals surface area contributed by atoms with Crippen LogP contribution in [-0.2, 0) is 0 Å². The van der Waals surface area contributed by atoms with Gasteiger partial charge in [-0.3, -0.25) is 10.7 Å². The van der Waals surface area contributed by atoms with Crippen LogP contribution in [0.2, 0.25) is 0 Å². The zero-order valence-corrected chi connectivity index (χ0v) is 9.89. The van der Waals surface area contributed by atoms with E-state index in [2.05, 4.69) is 12.2 Å². The maximum absolute atomic E-state index is 11.4. The van der Waals surface area contributed by atoms with Crippen LogP contribution in [-0.4, -0.2) is 29.4 Å². The lowest BCUT2D eigenvalue weighted by atomic mass is 9.93. The molecule has 1 heterocycles. The predicted molar refractivity (Wildman–Crippen MR) is 61.2 cm³/mol. The van der Waals surface area contributed by atoms with Crippen LogP contribution in [0.25, 0.3) is 0 Å². The summed E-state index contributed by atoms with van der Waals surface area (Å²) in [4.78, 5) is 13.0. The van der Waals surface area contributed by atoms with Crippen LogP contribution in [0.15, 0.2) is 0 Å². The largest absolute Gasteiger partial charge is 0.323 e. The van der Waals surface area contributed by atoms with E-state index in [-0.39, 0.29) is 6.03 Å². The lowest BCUT2D eigenvalue weighted by Gasteiger charge is -2.30. The molecule has 1 fully saturated rings. The highest BCUT2D eigenvalue weighted by atomic mass is 16.2. The molecule has 4 heteroatoms. The Morgan fingerprint density at radius 3 is 2.53 bits per heavy atom. The van der Waals surface area contributed by atoms with Gasteiger partial charge in [0.25, 0.3) is 0 Å². The predicted octanol–water partition coefficient (Wildman–Crippen LogP) is 2.35. The van der Waals surface area contributed by atoms with Gasteiger partial charge in [0, 0.05) is 7.05 Å². The molecule has 2 N–H and O–H groups in total. The van der Waals surface area contributed by atoms with Crippen molar-refractivity contribution in [2.75, 3.05) is 7.05 Å². The lowest BCUT2D eigenvalue weighted by molar-refractivity contribution is 0.192. The molecule has 1 atom stereocenters. The first-order valence-electron chi connectivity index (χ1n) is 5.66. The Morgan fingerprint density at radius 2 is 2.07 bits per heavy atom. The second-order valence-corrected chi connectivity index (χ2v) is 4.45. The average molecular weight is 211 g/mol. The van der Waals surface area contributed by atoms with E-state index >= 15 is 0 Å². The van der Waals surface area contributed by atoms with Crippen LogP contribution >= 0.6 is 0 Å². The summed E-state index contributed by atoms with van der Waals surface area (Å²) in [6.45, 7) is 4.13. The average Bonchev–Trinajstić information content (AvgIpc) is 2.39. The minimum atomic E-state index is -0.412. The number of nitrogens with zero attached hydrogens (tertiary/aromatic N) is 1. The third-order valence-electron chi connectivity index (χ3n) is 3.33. The number of carbonyl (C=O) groups is 1. The van der Waals surface area contributed by atoms with Crippen molar-refractivity contribution in [2.24, 2.45) is 0 Å². The number of carbonyl (C=O) groups excluding carboxylic acids is 1. The van der Waals surface area contributed by atoms with Crippen molar-refractivity contribution in [3.63, 3.8) is 0 Å². The van der Waals surface area contributed by atoms with Crippen molar-refractivity contribution >= 4 is 11.9 Å². The molecular weight excluding hydrogens is 190 g/mol. The van der Waals surface area contributed by atoms with Gasteiger partial charge in [0.05, 0.1) is 5.54 Å². The Morgan fingerprint density at radius 1 is 1.40 bits per heavy atom. The summed E-state index contributed by atoms with van der Waals surface area (Å²) in [7, 11) is 1.76. The summed E-state index contributed by atoms with van der Waals surface area (Å²) >= 11 is 0.